The molecule has 1 N–H and O–H groups in total. The van der Waals surface area contributed by atoms with Crippen LogP contribution in [0.15, 0.2) is 24.3 Å². The fraction of sp³-hybridized carbons (Fsp3) is 0.600. The van der Waals surface area contributed by atoms with Crippen molar-refractivity contribution in [2.24, 2.45) is 0 Å². The summed E-state index contributed by atoms with van der Waals surface area (Å²) in [6.45, 7) is 2.08. The Morgan fingerprint density at radius 3 is 2.42 bits per heavy atom. The first-order valence-corrected chi connectivity index (χ1v) is 9.47. The van der Waals surface area contributed by atoms with Crippen LogP contribution in [0.4, 0.5) is 4.79 Å². The molecule has 0 unspecified atom stereocenters. The van der Waals surface area contributed by atoms with Gasteiger partial charge in [0, 0.05) is 39.8 Å². The number of hydrogen-bond acceptors (Lipinski definition) is 3. The molecule has 0 saturated carbocycles. The van der Waals surface area contributed by atoms with E-state index < -0.39 is 0 Å². The molecule has 142 valence electrons. The van der Waals surface area contributed by atoms with Crippen molar-refractivity contribution in [2.75, 3.05) is 40.8 Å². The van der Waals surface area contributed by atoms with Crippen molar-refractivity contribution in [3.05, 3.63) is 35.4 Å². The standard InChI is InChI=1S/C20H30N4O2/c1-22(2)20(26)21-13-19(25)23(3)17-9-6-10-24(14-17)18-11-15-7-4-5-8-16(15)12-18/h4-5,7-8,17-18H,6,9-14H2,1-3H3,(H,21,26)/t17-/m0/s1. The van der Waals surface area contributed by atoms with Gasteiger partial charge in [-0.2, -0.15) is 0 Å². The molecule has 1 fully saturated rings. The number of carbonyl (C=O) groups excluding carboxylic acids is 2. The Bertz CT molecular complexity index is 636. The number of likely N-dealkylation sites (N-methyl/N-ethyl adjacent to an activating group) is 1. The number of benzene rings is 1. The highest BCUT2D eigenvalue weighted by Gasteiger charge is 2.32. The van der Waals surface area contributed by atoms with Gasteiger partial charge in [-0.3, -0.25) is 9.69 Å². The van der Waals surface area contributed by atoms with Gasteiger partial charge in [0.1, 0.15) is 0 Å². The fourth-order valence-corrected chi connectivity index (χ4v) is 4.06. The Morgan fingerprint density at radius 1 is 1.15 bits per heavy atom. The molecular weight excluding hydrogens is 328 g/mol. The highest BCUT2D eigenvalue weighted by molar-refractivity contribution is 5.83. The second-order valence-electron chi connectivity index (χ2n) is 7.68. The number of likely N-dealkylation sites (tertiary alicyclic amines) is 1. The number of nitrogens with one attached hydrogen (secondary N) is 1. The van der Waals surface area contributed by atoms with Crippen LogP contribution in [0, 0.1) is 0 Å². The van der Waals surface area contributed by atoms with Gasteiger partial charge in [-0.25, -0.2) is 4.79 Å². The topological polar surface area (TPSA) is 55.9 Å². The zero-order valence-corrected chi connectivity index (χ0v) is 16.1. The summed E-state index contributed by atoms with van der Waals surface area (Å²) in [5.41, 5.74) is 2.94. The van der Waals surface area contributed by atoms with Crippen LogP contribution in [0.5, 0.6) is 0 Å². The number of nitrogens with zero attached hydrogens (tertiary/aromatic N) is 3. The summed E-state index contributed by atoms with van der Waals surface area (Å²) < 4.78 is 0. The van der Waals surface area contributed by atoms with E-state index >= 15 is 0 Å². The van der Waals surface area contributed by atoms with Gasteiger partial charge in [0.25, 0.3) is 0 Å². The highest BCUT2D eigenvalue weighted by Crippen LogP contribution is 2.28. The van der Waals surface area contributed by atoms with Gasteiger partial charge in [0.2, 0.25) is 5.91 Å². The zero-order chi connectivity index (χ0) is 18.7. The molecular formula is C20H30N4O2. The molecule has 1 aromatic rings. The maximum Gasteiger partial charge on any atom is 0.317 e. The van der Waals surface area contributed by atoms with Crippen LogP contribution in [0.25, 0.3) is 0 Å². The van der Waals surface area contributed by atoms with Crippen LogP contribution in [-0.2, 0) is 17.6 Å². The summed E-state index contributed by atoms with van der Waals surface area (Å²) in [4.78, 5) is 29.9. The van der Waals surface area contributed by atoms with Crippen molar-refractivity contribution in [1.29, 1.82) is 0 Å². The average Bonchev–Trinajstić information content (AvgIpc) is 3.09. The van der Waals surface area contributed by atoms with Gasteiger partial charge < -0.3 is 15.1 Å². The molecule has 2 aliphatic rings. The molecule has 1 atom stereocenters. The first-order chi connectivity index (χ1) is 12.5. The maximum absolute atomic E-state index is 12.4. The first kappa shape index (κ1) is 18.7. The largest absolute Gasteiger partial charge is 0.340 e. The molecule has 1 heterocycles. The number of rotatable bonds is 4. The Kier molecular flexibility index (Phi) is 5.81. The van der Waals surface area contributed by atoms with Crippen LogP contribution >= 0.6 is 0 Å². The maximum atomic E-state index is 12.4. The summed E-state index contributed by atoms with van der Waals surface area (Å²) in [5, 5.41) is 2.66. The molecule has 1 saturated heterocycles. The third kappa shape index (κ3) is 4.18. The molecule has 6 nitrogen and oxygen atoms in total. The third-order valence-corrected chi connectivity index (χ3v) is 5.71. The normalized spacial score (nSPS) is 20.5. The van der Waals surface area contributed by atoms with Crippen molar-refractivity contribution in [2.45, 2.75) is 37.8 Å². The summed E-state index contributed by atoms with van der Waals surface area (Å²) in [6, 6.07) is 9.24. The molecule has 0 radical (unpaired) electrons. The molecule has 1 aliphatic carbocycles. The number of amides is 3. The number of carbonyl (C=O) groups is 2. The van der Waals surface area contributed by atoms with Crippen LogP contribution in [0.3, 0.4) is 0 Å². The summed E-state index contributed by atoms with van der Waals surface area (Å²) in [7, 11) is 5.20. The summed E-state index contributed by atoms with van der Waals surface area (Å²) in [5.74, 6) is -0.0261. The second-order valence-corrected chi connectivity index (χ2v) is 7.68. The van der Waals surface area contributed by atoms with E-state index in [0.717, 1.165) is 38.8 Å². The molecule has 0 bridgehead atoms. The van der Waals surface area contributed by atoms with Gasteiger partial charge in [0.15, 0.2) is 0 Å². The van der Waals surface area contributed by atoms with Crippen molar-refractivity contribution in [1.82, 2.24) is 20.0 Å². The lowest BCUT2D eigenvalue weighted by Gasteiger charge is -2.40. The predicted octanol–water partition coefficient (Wildman–Crippen LogP) is 1.35. The van der Waals surface area contributed by atoms with Crippen molar-refractivity contribution >= 4 is 11.9 Å². The van der Waals surface area contributed by atoms with E-state index in [4.69, 9.17) is 0 Å². The minimum Gasteiger partial charge on any atom is -0.340 e. The second kappa shape index (κ2) is 8.08. The molecule has 1 aromatic carbocycles. The molecule has 1 aliphatic heterocycles. The van der Waals surface area contributed by atoms with E-state index in [1.54, 1.807) is 14.1 Å². The van der Waals surface area contributed by atoms with Gasteiger partial charge in [-0.05, 0) is 43.4 Å². The summed E-state index contributed by atoms with van der Waals surface area (Å²) >= 11 is 0. The van der Waals surface area contributed by atoms with E-state index in [1.807, 2.05) is 11.9 Å². The Labute approximate surface area is 156 Å². The molecule has 26 heavy (non-hydrogen) atoms. The van der Waals surface area contributed by atoms with Crippen LogP contribution < -0.4 is 5.32 Å². The molecule has 3 amide bonds. The lowest BCUT2D eigenvalue weighted by Crippen LogP contribution is -2.53. The van der Waals surface area contributed by atoms with Crippen molar-refractivity contribution in [3.63, 3.8) is 0 Å². The number of hydrogen-bond donors (Lipinski definition) is 1. The predicted molar refractivity (Wildman–Crippen MR) is 102 cm³/mol. The van der Waals surface area contributed by atoms with Gasteiger partial charge in [0.05, 0.1) is 6.54 Å². The Balaban J connectivity index is 1.53. The lowest BCUT2D eigenvalue weighted by atomic mass is 10.0. The van der Waals surface area contributed by atoms with E-state index in [-0.39, 0.29) is 24.5 Å². The minimum absolute atomic E-state index is 0.0261. The van der Waals surface area contributed by atoms with E-state index in [1.165, 1.54) is 16.0 Å². The molecule has 6 heteroatoms. The van der Waals surface area contributed by atoms with Crippen molar-refractivity contribution < 1.29 is 9.59 Å². The van der Waals surface area contributed by atoms with Gasteiger partial charge in [-0.1, -0.05) is 24.3 Å². The van der Waals surface area contributed by atoms with E-state index in [2.05, 4.69) is 34.5 Å². The minimum atomic E-state index is -0.235. The smallest absolute Gasteiger partial charge is 0.317 e. The number of fused-ring (bicyclic) bond motifs is 1. The lowest BCUT2D eigenvalue weighted by molar-refractivity contribution is -0.132. The fourth-order valence-electron chi connectivity index (χ4n) is 4.06. The number of urea groups is 1. The Hall–Kier alpha value is -2.08. The number of piperidine rings is 1. The van der Waals surface area contributed by atoms with E-state index in [0.29, 0.717) is 6.04 Å². The van der Waals surface area contributed by atoms with E-state index in [9.17, 15) is 9.59 Å². The first-order valence-electron chi connectivity index (χ1n) is 9.47. The molecule has 0 spiro atoms. The van der Waals surface area contributed by atoms with Crippen molar-refractivity contribution in [3.8, 4) is 0 Å². The Morgan fingerprint density at radius 2 is 1.81 bits per heavy atom. The van der Waals surface area contributed by atoms with Crippen LogP contribution in [0.1, 0.15) is 24.0 Å². The van der Waals surface area contributed by atoms with Gasteiger partial charge >= 0.3 is 6.03 Å². The van der Waals surface area contributed by atoms with Crippen LogP contribution in [-0.4, -0.2) is 79.5 Å². The summed E-state index contributed by atoms with van der Waals surface area (Å²) in [6.07, 6.45) is 4.36. The zero-order valence-electron chi connectivity index (χ0n) is 16.1. The SMILES string of the molecule is CN(C)C(=O)NCC(=O)N(C)[C@H]1CCCN(C2Cc3ccccc3C2)C1. The van der Waals surface area contributed by atoms with Gasteiger partial charge in [-0.15, -0.1) is 0 Å². The van der Waals surface area contributed by atoms with Crippen LogP contribution in [0.2, 0.25) is 0 Å². The third-order valence-electron chi connectivity index (χ3n) is 5.71. The highest BCUT2D eigenvalue weighted by atomic mass is 16.2. The monoisotopic (exact) mass is 358 g/mol. The average molecular weight is 358 g/mol. The quantitative estimate of drug-likeness (QED) is 0.884. The molecule has 0 aromatic heterocycles. The molecule has 3 rings (SSSR count).